The molecule has 2 aromatic rings. The highest BCUT2D eigenvalue weighted by Crippen LogP contribution is 2.37. The summed E-state index contributed by atoms with van der Waals surface area (Å²) in [6, 6.07) is 11.7. The number of amides is 1. The van der Waals surface area contributed by atoms with Crippen LogP contribution in [0.25, 0.3) is 0 Å². The quantitative estimate of drug-likeness (QED) is 0.841. The van der Waals surface area contributed by atoms with Crippen molar-refractivity contribution >= 4 is 17.4 Å². The van der Waals surface area contributed by atoms with Crippen LogP contribution in [0, 0.1) is 11.3 Å². The van der Waals surface area contributed by atoms with E-state index < -0.39 is 5.91 Å². The zero-order chi connectivity index (χ0) is 17.8. The van der Waals surface area contributed by atoms with E-state index in [2.05, 4.69) is 5.32 Å². The van der Waals surface area contributed by atoms with E-state index in [1.165, 1.54) is 13.0 Å². The van der Waals surface area contributed by atoms with E-state index in [-0.39, 0.29) is 19.2 Å². The maximum atomic E-state index is 12.2. The normalized spacial score (nSPS) is 11.5. The van der Waals surface area contributed by atoms with Crippen LogP contribution < -0.4 is 19.5 Å². The number of rotatable bonds is 5. The molecule has 1 aliphatic heterocycles. The Kier molecular flexibility index (Phi) is 4.53. The number of carbonyl (C=O) groups is 2. The van der Waals surface area contributed by atoms with Gasteiger partial charge in [0.1, 0.15) is 11.8 Å². The number of anilines is 1. The molecule has 1 aliphatic rings. The number of hydrogen-bond acceptors (Lipinski definition) is 6. The topological polar surface area (TPSA) is 97.7 Å². The molecule has 1 heterocycles. The first-order valence-corrected chi connectivity index (χ1v) is 7.45. The zero-order valence-electron chi connectivity index (χ0n) is 13.4. The van der Waals surface area contributed by atoms with Gasteiger partial charge in [-0.2, -0.15) is 5.26 Å². The van der Waals surface area contributed by atoms with Crippen molar-refractivity contribution in [3.63, 3.8) is 0 Å². The molecule has 7 heteroatoms. The highest BCUT2D eigenvalue weighted by Gasteiger charge is 2.20. The fourth-order valence-electron chi connectivity index (χ4n) is 2.35. The number of ketones is 1. The molecular formula is C18H14N2O5. The maximum absolute atomic E-state index is 12.2. The minimum absolute atomic E-state index is 0.0676. The van der Waals surface area contributed by atoms with Gasteiger partial charge in [0.2, 0.25) is 6.79 Å². The van der Waals surface area contributed by atoms with Crippen molar-refractivity contribution in [2.45, 2.75) is 6.92 Å². The first-order chi connectivity index (χ1) is 12.1. The highest BCUT2D eigenvalue weighted by atomic mass is 16.7. The molecule has 3 rings (SSSR count). The molecule has 0 spiro atoms. The Morgan fingerprint density at radius 3 is 2.68 bits per heavy atom. The fourth-order valence-corrected chi connectivity index (χ4v) is 2.35. The third-order valence-electron chi connectivity index (χ3n) is 3.53. The van der Waals surface area contributed by atoms with Gasteiger partial charge in [0, 0.05) is 11.6 Å². The predicted molar refractivity (Wildman–Crippen MR) is 87.9 cm³/mol. The lowest BCUT2D eigenvalue weighted by molar-refractivity contribution is -0.118. The third-order valence-corrected chi connectivity index (χ3v) is 3.53. The van der Waals surface area contributed by atoms with Crippen LogP contribution in [0.5, 0.6) is 17.2 Å². The number of hydrogen-bond donors (Lipinski definition) is 1. The summed E-state index contributed by atoms with van der Waals surface area (Å²) in [5, 5.41) is 11.6. The van der Waals surface area contributed by atoms with Crippen molar-refractivity contribution < 1.29 is 23.8 Å². The SMILES string of the molecule is CC(=O)c1cc2c(cc1NC(=O)COc1ccccc1C#N)OCO2. The van der Waals surface area contributed by atoms with Crippen LogP contribution >= 0.6 is 0 Å². The van der Waals surface area contributed by atoms with Crippen molar-refractivity contribution in [2.75, 3.05) is 18.7 Å². The summed E-state index contributed by atoms with van der Waals surface area (Å²) >= 11 is 0. The van der Waals surface area contributed by atoms with Crippen LogP contribution in [0.2, 0.25) is 0 Å². The van der Waals surface area contributed by atoms with E-state index in [1.807, 2.05) is 6.07 Å². The first-order valence-electron chi connectivity index (χ1n) is 7.45. The molecule has 2 aromatic carbocycles. The van der Waals surface area contributed by atoms with E-state index in [0.717, 1.165) is 0 Å². The molecule has 1 amide bonds. The summed E-state index contributed by atoms with van der Waals surface area (Å²) in [6.45, 7) is 1.16. The van der Waals surface area contributed by atoms with Crippen molar-refractivity contribution in [3.05, 3.63) is 47.5 Å². The number of para-hydroxylation sites is 1. The van der Waals surface area contributed by atoms with Crippen LogP contribution in [0.3, 0.4) is 0 Å². The van der Waals surface area contributed by atoms with Crippen LogP contribution in [-0.4, -0.2) is 25.1 Å². The maximum Gasteiger partial charge on any atom is 0.262 e. The van der Waals surface area contributed by atoms with Gasteiger partial charge >= 0.3 is 0 Å². The van der Waals surface area contributed by atoms with E-state index in [4.69, 9.17) is 19.5 Å². The number of Topliss-reactive ketones (excluding diaryl/α,β-unsaturated/α-hetero) is 1. The molecule has 0 bridgehead atoms. The number of nitrogens with zero attached hydrogens (tertiary/aromatic N) is 1. The van der Waals surface area contributed by atoms with E-state index in [0.29, 0.717) is 34.1 Å². The largest absolute Gasteiger partial charge is 0.482 e. The number of benzene rings is 2. The van der Waals surface area contributed by atoms with Gasteiger partial charge in [0.05, 0.1) is 11.3 Å². The molecule has 0 aromatic heterocycles. The molecule has 7 nitrogen and oxygen atoms in total. The highest BCUT2D eigenvalue weighted by molar-refractivity contribution is 6.04. The van der Waals surface area contributed by atoms with Crippen molar-refractivity contribution in [1.82, 2.24) is 0 Å². The van der Waals surface area contributed by atoms with Crippen molar-refractivity contribution in [1.29, 1.82) is 5.26 Å². The Morgan fingerprint density at radius 1 is 1.24 bits per heavy atom. The van der Waals surface area contributed by atoms with E-state index in [1.54, 1.807) is 30.3 Å². The Morgan fingerprint density at radius 2 is 1.96 bits per heavy atom. The van der Waals surface area contributed by atoms with E-state index >= 15 is 0 Å². The third kappa shape index (κ3) is 3.53. The summed E-state index contributed by atoms with van der Waals surface area (Å²) < 4.78 is 15.9. The smallest absolute Gasteiger partial charge is 0.262 e. The number of nitriles is 1. The van der Waals surface area contributed by atoms with Gasteiger partial charge in [-0.25, -0.2) is 0 Å². The molecular weight excluding hydrogens is 324 g/mol. The number of fused-ring (bicyclic) bond motifs is 1. The van der Waals surface area contributed by atoms with Gasteiger partial charge in [-0.1, -0.05) is 12.1 Å². The summed E-state index contributed by atoms with van der Waals surface area (Å²) in [7, 11) is 0. The second-order valence-corrected chi connectivity index (χ2v) is 5.25. The molecule has 126 valence electrons. The summed E-state index contributed by atoms with van der Waals surface area (Å²) in [6.07, 6.45) is 0. The van der Waals surface area contributed by atoms with Crippen LogP contribution in [-0.2, 0) is 4.79 Å². The lowest BCUT2D eigenvalue weighted by atomic mass is 10.1. The molecule has 0 unspecified atom stereocenters. The van der Waals surface area contributed by atoms with Gasteiger partial charge < -0.3 is 19.5 Å². The summed E-state index contributed by atoms with van der Waals surface area (Å²) in [5.41, 5.74) is 0.969. The molecule has 0 fully saturated rings. The molecule has 0 atom stereocenters. The molecule has 0 saturated carbocycles. The monoisotopic (exact) mass is 338 g/mol. The molecule has 0 radical (unpaired) electrons. The van der Waals surface area contributed by atoms with E-state index in [9.17, 15) is 9.59 Å². The van der Waals surface area contributed by atoms with Crippen molar-refractivity contribution in [2.24, 2.45) is 0 Å². The summed E-state index contributed by atoms with van der Waals surface area (Å²) in [4.78, 5) is 24.0. The van der Waals surface area contributed by atoms with Gasteiger partial charge in [0.15, 0.2) is 23.9 Å². The molecule has 1 N–H and O–H groups in total. The van der Waals surface area contributed by atoms with Crippen LogP contribution in [0.15, 0.2) is 36.4 Å². The number of carbonyl (C=O) groups excluding carboxylic acids is 2. The first kappa shape index (κ1) is 16.3. The van der Waals surface area contributed by atoms with Gasteiger partial charge in [-0.15, -0.1) is 0 Å². The fraction of sp³-hybridized carbons (Fsp3) is 0.167. The lowest BCUT2D eigenvalue weighted by Gasteiger charge is -2.11. The standard InChI is InChI=1S/C18H14N2O5/c1-11(21)13-6-16-17(25-10-24-16)7-14(13)20-18(22)9-23-15-5-3-2-4-12(15)8-19/h2-7H,9-10H2,1H3,(H,20,22). The Hall–Kier alpha value is -3.53. The minimum Gasteiger partial charge on any atom is -0.482 e. The molecule has 0 saturated heterocycles. The summed E-state index contributed by atoms with van der Waals surface area (Å²) in [5.74, 6) is 0.550. The zero-order valence-corrected chi connectivity index (χ0v) is 13.4. The van der Waals surface area contributed by atoms with Gasteiger partial charge in [0.25, 0.3) is 5.91 Å². The minimum atomic E-state index is -0.464. The second-order valence-electron chi connectivity index (χ2n) is 5.25. The Labute approximate surface area is 143 Å². The van der Waals surface area contributed by atoms with Gasteiger partial charge in [-0.3, -0.25) is 9.59 Å². The second kappa shape index (κ2) is 6.93. The van der Waals surface area contributed by atoms with Crippen LogP contribution in [0.4, 0.5) is 5.69 Å². The van der Waals surface area contributed by atoms with Crippen LogP contribution in [0.1, 0.15) is 22.8 Å². The number of nitrogens with one attached hydrogen (secondary N) is 1. The average molecular weight is 338 g/mol. The predicted octanol–water partition coefficient (Wildman–Crippen LogP) is 2.51. The molecule has 25 heavy (non-hydrogen) atoms. The Bertz CT molecular complexity index is 886. The Balaban J connectivity index is 1.73. The average Bonchev–Trinajstić information content (AvgIpc) is 3.06. The van der Waals surface area contributed by atoms with Gasteiger partial charge in [-0.05, 0) is 25.1 Å². The molecule has 0 aliphatic carbocycles. The lowest BCUT2D eigenvalue weighted by Crippen LogP contribution is -2.21. The number of ether oxygens (including phenoxy) is 3. The van der Waals surface area contributed by atoms with Crippen molar-refractivity contribution in [3.8, 4) is 23.3 Å².